The van der Waals surface area contributed by atoms with Crippen LogP contribution in [0.3, 0.4) is 0 Å². The van der Waals surface area contributed by atoms with E-state index >= 15 is 0 Å². The van der Waals surface area contributed by atoms with Gasteiger partial charge in [-0.15, -0.1) is 6.42 Å². The van der Waals surface area contributed by atoms with Crippen LogP contribution in [0.25, 0.3) is 0 Å². The molecular weight excluding hydrogens is 298 g/mol. The Morgan fingerprint density at radius 2 is 2.00 bits per heavy atom. The fourth-order valence-corrected chi connectivity index (χ4v) is 2.45. The first-order valence-electron chi connectivity index (χ1n) is 8.77. The van der Waals surface area contributed by atoms with Crippen LogP contribution >= 0.6 is 0 Å². The van der Waals surface area contributed by atoms with Crippen LogP contribution in [0.5, 0.6) is 0 Å². The molecule has 1 rings (SSSR count). The molecule has 1 aliphatic rings. The third-order valence-corrected chi connectivity index (χ3v) is 3.94. The maximum atomic E-state index is 12.1. The average molecular weight is 329 g/mol. The SMILES string of the molecule is C#CC(C=CC(=CC)C=C1CCN(C(=O)OC(C)(C)C)CC1)CC. The summed E-state index contributed by atoms with van der Waals surface area (Å²) in [6, 6.07) is 0. The maximum Gasteiger partial charge on any atom is 0.410 e. The lowest BCUT2D eigenvalue weighted by molar-refractivity contribution is 0.0236. The van der Waals surface area contributed by atoms with Crippen molar-refractivity contribution in [1.29, 1.82) is 0 Å². The van der Waals surface area contributed by atoms with Gasteiger partial charge in [0.05, 0.1) is 0 Å². The number of hydrogen-bond acceptors (Lipinski definition) is 2. The topological polar surface area (TPSA) is 29.5 Å². The van der Waals surface area contributed by atoms with Crippen LogP contribution in [-0.2, 0) is 4.74 Å². The van der Waals surface area contributed by atoms with E-state index in [0.29, 0.717) is 13.1 Å². The summed E-state index contributed by atoms with van der Waals surface area (Å²) >= 11 is 0. The summed E-state index contributed by atoms with van der Waals surface area (Å²) < 4.78 is 5.43. The quantitative estimate of drug-likeness (QED) is 0.530. The Morgan fingerprint density at radius 3 is 2.46 bits per heavy atom. The minimum absolute atomic E-state index is 0.187. The minimum Gasteiger partial charge on any atom is -0.444 e. The number of rotatable bonds is 4. The van der Waals surface area contributed by atoms with Crippen molar-refractivity contribution in [2.45, 2.75) is 59.5 Å². The van der Waals surface area contributed by atoms with Gasteiger partial charge in [0.15, 0.2) is 0 Å². The fraction of sp³-hybridized carbons (Fsp3) is 0.571. The summed E-state index contributed by atoms with van der Waals surface area (Å²) in [6.45, 7) is 11.2. The van der Waals surface area contributed by atoms with Crippen LogP contribution in [0.1, 0.15) is 53.9 Å². The lowest BCUT2D eigenvalue weighted by atomic mass is 9.99. The van der Waals surface area contributed by atoms with E-state index in [-0.39, 0.29) is 12.0 Å². The van der Waals surface area contributed by atoms with Crippen molar-refractivity contribution in [3.63, 3.8) is 0 Å². The highest BCUT2D eigenvalue weighted by molar-refractivity contribution is 5.68. The average Bonchev–Trinajstić information content (AvgIpc) is 2.53. The molecule has 24 heavy (non-hydrogen) atoms. The first-order chi connectivity index (χ1) is 11.3. The Labute approximate surface area is 147 Å². The monoisotopic (exact) mass is 329 g/mol. The summed E-state index contributed by atoms with van der Waals surface area (Å²) in [4.78, 5) is 13.9. The van der Waals surface area contributed by atoms with Gasteiger partial charge in [0.1, 0.15) is 5.60 Å². The fourth-order valence-electron chi connectivity index (χ4n) is 2.45. The van der Waals surface area contributed by atoms with Gasteiger partial charge >= 0.3 is 6.09 Å². The Kier molecular flexibility index (Phi) is 7.85. The van der Waals surface area contributed by atoms with E-state index in [1.54, 1.807) is 4.90 Å². The van der Waals surface area contributed by atoms with Gasteiger partial charge in [0.25, 0.3) is 0 Å². The van der Waals surface area contributed by atoms with Crippen molar-refractivity contribution in [1.82, 2.24) is 4.90 Å². The second-order valence-corrected chi connectivity index (χ2v) is 7.10. The van der Waals surface area contributed by atoms with Crippen molar-refractivity contribution in [2.24, 2.45) is 5.92 Å². The lowest BCUT2D eigenvalue weighted by Crippen LogP contribution is -2.40. The van der Waals surface area contributed by atoms with E-state index in [4.69, 9.17) is 11.2 Å². The molecule has 0 aromatic heterocycles. The zero-order valence-electron chi connectivity index (χ0n) is 15.8. The smallest absolute Gasteiger partial charge is 0.410 e. The third-order valence-electron chi connectivity index (χ3n) is 3.94. The molecule has 1 amide bonds. The van der Waals surface area contributed by atoms with Gasteiger partial charge in [0, 0.05) is 19.0 Å². The Bertz CT molecular complexity index is 545. The molecule has 1 atom stereocenters. The van der Waals surface area contributed by atoms with Gasteiger partial charge in [-0.25, -0.2) is 4.79 Å². The van der Waals surface area contributed by atoms with Crippen molar-refractivity contribution < 1.29 is 9.53 Å². The third kappa shape index (κ3) is 7.08. The zero-order valence-corrected chi connectivity index (χ0v) is 15.8. The number of nitrogens with zero attached hydrogens (tertiary/aromatic N) is 1. The molecule has 1 saturated heterocycles. The van der Waals surface area contributed by atoms with E-state index in [1.807, 2.05) is 27.7 Å². The maximum absolute atomic E-state index is 12.1. The molecule has 1 aliphatic heterocycles. The highest BCUT2D eigenvalue weighted by atomic mass is 16.6. The molecule has 1 heterocycles. The standard InChI is InChI=1S/C21H31NO2/c1-7-17(8-2)10-11-18(9-3)16-19-12-14-22(15-13-19)20(23)24-21(4,5)6/h1,9-11,16-17H,8,12-15H2,2-6H3. The molecule has 0 N–H and O–H groups in total. The largest absolute Gasteiger partial charge is 0.444 e. The number of hydrogen-bond donors (Lipinski definition) is 0. The van der Waals surface area contributed by atoms with Crippen molar-refractivity contribution in [3.8, 4) is 12.3 Å². The molecule has 3 heteroatoms. The number of carbonyl (C=O) groups is 1. The second-order valence-electron chi connectivity index (χ2n) is 7.10. The molecule has 0 bridgehead atoms. The molecule has 0 aromatic carbocycles. The lowest BCUT2D eigenvalue weighted by Gasteiger charge is -2.31. The van der Waals surface area contributed by atoms with E-state index < -0.39 is 5.60 Å². The van der Waals surface area contributed by atoms with E-state index in [1.165, 1.54) is 11.1 Å². The summed E-state index contributed by atoms with van der Waals surface area (Å²) in [5, 5.41) is 0. The second kappa shape index (κ2) is 9.37. The number of carbonyl (C=O) groups excluding carboxylic acids is 1. The van der Waals surface area contributed by atoms with E-state index in [2.05, 4.69) is 37.1 Å². The van der Waals surface area contributed by atoms with Crippen LogP contribution in [-0.4, -0.2) is 29.7 Å². The molecule has 1 unspecified atom stereocenters. The Hall–Kier alpha value is -1.95. The summed E-state index contributed by atoms with van der Waals surface area (Å²) in [7, 11) is 0. The van der Waals surface area contributed by atoms with Crippen LogP contribution in [0.4, 0.5) is 4.79 Å². The number of piperidine rings is 1. The summed E-state index contributed by atoms with van der Waals surface area (Å²) in [6.07, 6.45) is 16.5. The number of ether oxygens (including phenoxy) is 1. The molecule has 3 nitrogen and oxygen atoms in total. The zero-order chi connectivity index (χ0) is 18.2. The van der Waals surface area contributed by atoms with Crippen LogP contribution < -0.4 is 0 Å². The molecule has 0 spiro atoms. The summed E-state index contributed by atoms with van der Waals surface area (Å²) in [5.74, 6) is 2.97. The number of allylic oxidation sites excluding steroid dienone is 5. The highest BCUT2D eigenvalue weighted by Gasteiger charge is 2.24. The Morgan fingerprint density at radius 1 is 1.38 bits per heavy atom. The number of amides is 1. The van der Waals surface area contributed by atoms with Gasteiger partial charge in [-0.2, -0.15) is 0 Å². The molecule has 0 saturated carbocycles. The minimum atomic E-state index is -0.442. The van der Waals surface area contributed by atoms with Gasteiger partial charge in [0.2, 0.25) is 0 Å². The number of likely N-dealkylation sites (tertiary alicyclic amines) is 1. The molecule has 0 aliphatic carbocycles. The van der Waals surface area contributed by atoms with Crippen LogP contribution in [0.2, 0.25) is 0 Å². The van der Waals surface area contributed by atoms with Crippen molar-refractivity contribution in [2.75, 3.05) is 13.1 Å². The van der Waals surface area contributed by atoms with Gasteiger partial charge in [-0.05, 0) is 52.5 Å². The highest BCUT2D eigenvalue weighted by Crippen LogP contribution is 2.21. The normalized spacial score (nSPS) is 17.6. The van der Waals surface area contributed by atoms with Gasteiger partial charge < -0.3 is 9.64 Å². The summed E-state index contributed by atoms with van der Waals surface area (Å²) in [5.41, 5.74) is 2.09. The molecule has 0 aromatic rings. The number of terminal acetylenes is 1. The van der Waals surface area contributed by atoms with E-state index in [0.717, 1.165) is 19.3 Å². The first-order valence-corrected chi connectivity index (χ1v) is 8.77. The van der Waals surface area contributed by atoms with Gasteiger partial charge in [-0.3, -0.25) is 0 Å². The molecule has 1 fully saturated rings. The Balaban J connectivity index is 2.61. The molecule has 132 valence electrons. The van der Waals surface area contributed by atoms with Crippen LogP contribution in [0, 0.1) is 18.3 Å². The van der Waals surface area contributed by atoms with Crippen molar-refractivity contribution in [3.05, 3.63) is 35.5 Å². The van der Waals surface area contributed by atoms with E-state index in [9.17, 15) is 4.79 Å². The molecule has 0 radical (unpaired) electrons. The molecular formula is C21H31NO2. The van der Waals surface area contributed by atoms with Gasteiger partial charge in [-0.1, -0.05) is 42.7 Å². The van der Waals surface area contributed by atoms with Crippen molar-refractivity contribution >= 4 is 6.09 Å². The predicted molar refractivity (Wildman–Crippen MR) is 101 cm³/mol. The predicted octanol–water partition coefficient (Wildman–Crippen LogP) is 5.11. The first kappa shape index (κ1) is 20.1. The van der Waals surface area contributed by atoms with Crippen LogP contribution in [0.15, 0.2) is 35.5 Å².